The molecule has 0 saturated carbocycles. The smallest absolute Gasteiger partial charge is 0.196 e. The van der Waals surface area contributed by atoms with E-state index in [1.54, 1.807) is 17.0 Å². The minimum Gasteiger partial charge on any atom is -0.369 e. The summed E-state index contributed by atoms with van der Waals surface area (Å²) in [6.45, 7) is 0.342. The van der Waals surface area contributed by atoms with Gasteiger partial charge < -0.3 is 10.6 Å². The number of sulfone groups is 1. The quantitative estimate of drug-likeness (QED) is 0.836. The van der Waals surface area contributed by atoms with Crippen LogP contribution in [-0.2, 0) is 9.84 Å². The van der Waals surface area contributed by atoms with Gasteiger partial charge in [0.25, 0.3) is 0 Å². The van der Waals surface area contributed by atoms with Gasteiger partial charge in [0.1, 0.15) is 5.82 Å². The standard InChI is InChI=1S/C13H16FN3O2S/c14-10-3-1-4-11(7-10)17-12(15)16-8-13(17)5-2-6-20(18,19)9-13/h1,3-4,7H,2,5-6,8-9H2,(H2,15,16). The number of hydrogen-bond donors (Lipinski definition) is 1. The van der Waals surface area contributed by atoms with Crippen LogP contribution < -0.4 is 10.6 Å². The molecule has 0 aliphatic carbocycles. The second-order valence-electron chi connectivity index (χ2n) is 5.41. The Hall–Kier alpha value is -1.63. The molecule has 5 nitrogen and oxygen atoms in total. The van der Waals surface area contributed by atoms with Crippen LogP contribution in [0.3, 0.4) is 0 Å². The van der Waals surface area contributed by atoms with E-state index in [1.165, 1.54) is 12.1 Å². The molecule has 0 radical (unpaired) electrons. The Bertz CT molecular complexity index is 674. The van der Waals surface area contributed by atoms with Crippen molar-refractivity contribution < 1.29 is 12.8 Å². The maximum Gasteiger partial charge on any atom is 0.196 e. The van der Waals surface area contributed by atoms with Gasteiger partial charge in [-0.15, -0.1) is 0 Å². The summed E-state index contributed by atoms with van der Waals surface area (Å²) >= 11 is 0. The maximum atomic E-state index is 13.4. The van der Waals surface area contributed by atoms with E-state index in [2.05, 4.69) is 4.99 Å². The molecule has 0 aromatic heterocycles. The van der Waals surface area contributed by atoms with Gasteiger partial charge in [-0.1, -0.05) is 6.07 Å². The van der Waals surface area contributed by atoms with E-state index in [0.29, 0.717) is 25.1 Å². The lowest BCUT2D eigenvalue weighted by Crippen LogP contribution is -2.58. The summed E-state index contributed by atoms with van der Waals surface area (Å²) in [5.74, 6) is 0.0931. The van der Waals surface area contributed by atoms with Crippen LogP contribution in [0.15, 0.2) is 29.3 Å². The topological polar surface area (TPSA) is 75.8 Å². The number of hydrogen-bond acceptors (Lipinski definition) is 5. The van der Waals surface area contributed by atoms with Crippen LogP contribution in [-0.4, -0.2) is 38.0 Å². The Morgan fingerprint density at radius 1 is 1.40 bits per heavy atom. The number of benzene rings is 1. The van der Waals surface area contributed by atoms with Crippen LogP contribution in [0.4, 0.5) is 10.1 Å². The fourth-order valence-electron chi connectivity index (χ4n) is 3.11. The van der Waals surface area contributed by atoms with Crippen molar-refractivity contribution in [3.05, 3.63) is 30.1 Å². The Morgan fingerprint density at radius 3 is 2.90 bits per heavy atom. The third kappa shape index (κ3) is 2.15. The van der Waals surface area contributed by atoms with Crippen molar-refractivity contribution in [2.45, 2.75) is 18.4 Å². The number of nitrogens with zero attached hydrogens (tertiary/aromatic N) is 2. The molecular formula is C13H16FN3O2S. The highest BCUT2D eigenvalue weighted by molar-refractivity contribution is 7.91. The Labute approximate surface area is 117 Å². The molecule has 2 N–H and O–H groups in total. The van der Waals surface area contributed by atoms with E-state index >= 15 is 0 Å². The summed E-state index contributed by atoms with van der Waals surface area (Å²) in [5, 5.41) is 0. The molecule has 2 aliphatic heterocycles. The molecule has 1 aromatic carbocycles. The third-order valence-corrected chi connectivity index (χ3v) is 5.78. The van der Waals surface area contributed by atoms with Gasteiger partial charge in [-0.25, -0.2) is 12.8 Å². The largest absolute Gasteiger partial charge is 0.369 e. The summed E-state index contributed by atoms with van der Waals surface area (Å²) in [4.78, 5) is 5.89. The summed E-state index contributed by atoms with van der Waals surface area (Å²) in [5.41, 5.74) is 5.81. The molecule has 2 heterocycles. The lowest BCUT2D eigenvalue weighted by molar-refractivity contribution is 0.434. The number of halogens is 1. The molecule has 2 aliphatic rings. The SMILES string of the molecule is NC1=NCC2(CCCS(=O)(=O)C2)N1c1cccc(F)c1. The van der Waals surface area contributed by atoms with Gasteiger partial charge in [0, 0.05) is 5.69 Å². The highest BCUT2D eigenvalue weighted by atomic mass is 32.2. The van der Waals surface area contributed by atoms with Gasteiger partial charge in [-0.05, 0) is 31.0 Å². The van der Waals surface area contributed by atoms with Crippen LogP contribution in [0.1, 0.15) is 12.8 Å². The fourth-order valence-corrected chi connectivity index (χ4v) is 5.02. The Balaban J connectivity index is 2.04. The van der Waals surface area contributed by atoms with Crippen molar-refractivity contribution in [1.82, 2.24) is 0 Å². The molecule has 1 aromatic rings. The lowest BCUT2D eigenvalue weighted by atomic mass is 9.93. The number of aliphatic imine (C=N–C) groups is 1. The summed E-state index contributed by atoms with van der Waals surface area (Å²) in [6.07, 6.45) is 1.27. The van der Waals surface area contributed by atoms with E-state index < -0.39 is 15.4 Å². The van der Waals surface area contributed by atoms with Gasteiger partial charge in [0.2, 0.25) is 0 Å². The molecule has 3 rings (SSSR count). The zero-order valence-electron chi connectivity index (χ0n) is 10.9. The predicted molar refractivity (Wildman–Crippen MR) is 76.0 cm³/mol. The van der Waals surface area contributed by atoms with E-state index in [0.717, 1.165) is 0 Å². The molecule has 0 bridgehead atoms. The normalized spacial score (nSPS) is 28.6. The average Bonchev–Trinajstić information content (AvgIpc) is 2.64. The van der Waals surface area contributed by atoms with Crippen molar-refractivity contribution >= 4 is 21.5 Å². The molecule has 20 heavy (non-hydrogen) atoms. The van der Waals surface area contributed by atoms with Gasteiger partial charge in [0.15, 0.2) is 15.8 Å². The Morgan fingerprint density at radius 2 is 2.20 bits per heavy atom. The second kappa shape index (κ2) is 4.44. The molecular weight excluding hydrogens is 281 g/mol. The van der Waals surface area contributed by atoms with Gasteiger partial charge in [-0.2, -0.15) is 0 Å². The molecule has 1 unspecified atom stereocenters. The highest BCUT2D eigenvalue weighted by Gasteiger charge is 2.48. The van der Waals surface area contributed by atoms with Crippen molar-refractivity contribution in [3.63, 3.8) is 0 Å². The molecule has 0 amide bonds. The molecule has 1 saturated heterocycles. The predicted octanol–water partition coefficient (Wildman–Crippen LogP) is 0.908. The van der Waals surface area contributed by atoms with Gasteiger partial charge in [0.05, 0.1) is 23.6 Å². The minimum absolute atomic E-state index is 0.0146. The van der Waals surface area contributed by atoms with E-state index in [9.17, 15) is 12.8 Å². The average molecular weight is 297 g/mol. The first-order valence-corrected chi connectivity index (χ1v) is 8.30. The third-order valence-electron chi connectivity index (χ3n) is 3.89. The molecule has 1 spiro atoms. The molecule has 7 heteroatoms. The summed E-state index contributed by atoms with van der Waals surface area (Å²) < 4.78 is 37.4. The first-order chi connectivity index (χ1) is 9.42. The van der Waals surface area contributed by atoms with E-state index in [4.69, 9.17) is 5.73 Å². The number of nitrogens with two attached hydrogens (primary N) is 1. The van der Waals surface area contributed by atoms with E-state index in [-0.39, 0.29) is 23.3 Å². The second-order valence-corrected chi connectivity index (χ2v) is 7.59. The molecule has 1 fully saturated rings. The monoisotopic (exact) mass is 297 g/mol. The zero-order valence-corrected chi connectivity index (χ0v) is 11.7. The first kappa shape index (κ1) is 13.4. The van der Waals surface area contributed by atoms with E-state index in [1.807, 2.05) is 0 Å². The minimum atomic E-state index is -3.11. The van der Waals surface area contributed by atoms with Gasteiger partial charge in [-0.3, -0.25) is 4.99 Å². The zero-order chi connectivity index (χ0) is 14.4. The highest BCUT2D eigenvalue weighted by Crippen LogP contribution is 2.36. The number of rotatable bonds is 1. The van der Waals surface area contributed by atoms with Crippen molar-refractivity contribution in [2.75, 3.05) is 23.0 Å². The van der Waals surface area contributed by atoms with Crippen LogP contribution in [0.25, 0.3) is 0 Å². The number of guanidine groups is 1. The lowest BCUT2D eigenvalue weighted by Gasteiger charge is -2.41. The number of anilines is 1. The summed E-state index contributed by atoms with van der Waals surface area (Å²) in [7, 11) is -3.11. The maximum absolute atomic E-state index is 13.4. The first-order valence-electron chi connectivity index (χ1n) is 6.48. The van der Waals surface area contributed by atoms with Crippen LogP contribution in [0.2, 0.25) is 0 Å². The van der Waals surface area contributed by atoms with Crippen LogP contribution >= 0.6 is 0 Å². The summed E-state index contributed by atoms with van der Waals surface area (Å²) in [6, 6.07) is 6.01. The van der Waals surface area contributed by atoms with Gasteiger partial charge >= 0.3 is 0 Å². The fraction of sp³-hybridized carbons (Fsp3) is 0.462. The van der Waals surface area contributed by atoms with Crippen LogP contribution in [0, 0.1) is 5.82 Å². The molecule has 108 valence electrons. The molecule has 1 atom stereocenters. The van der Waals surface area contributed by atoms with Crippen molar-refractivity contribution in [1.29, 1.82) is 0 Å². The van der Waals surface area contributed by atoms with Crippen molar-refractivity contribution in [2.24, 2.45) is 10.7 Å². The Kier molecular flexibility index (Phi) is 2.97. The van der Waals surface area contributed by atoms with Crippen molar-refractivity contribution in [3.8, 4) is 0 Å². The van der Waals surface area contributed by atoms with Crippen LogP contribution in [0.5, 0.6) is 0 Å².